The monoisotopic (exact) mass is 516 g/mol. The van der Waals surface area contributed by atoms with Crippen LogP contribution in [0.4, 0.5) is 0 Å². The van der Waals surface area contributed by atoms with Gasteiger partial charge >= 0.3 is 5.97 Å². The quantitative estimate of drug-likeness (QED) is 0.327. The standard InChI is InChI=1S/C32H52O5/c1-17(2)19(4)30(6)15-26(30)18(3)23-8-9-24-29-25(14-28(31(23,24)7)37-20(5)34)32(16-33)11-10-22(35)12-21(32)13-27(29)36/h13,17-19,22-29,33,35-36H,8-12,14-16H2,1-7H3/t18-,19+,22-,23+,24-,25-,26+,27+,28+,29-,30+,31+,32+/m0/s1. The topological polar surface area (TPSA) is 87.0 Å². The maximum atomic E-state index is 12.5. The van der Waals surface area contributed by atoms with E-state index in [0.29, 0.717) is 54.3 Å². The number of rotatable bonds is 6. The lowest BCUT2D eigenvalue weighted by Gasteiger charge is -2.61. The summed E-state index contributed by atoms with van der Waals surface area (Å²) in [5, 5.41) is 32.8. The molecule has 3 N–H and O–H groups in total. The molecule has 0 unspecified atom stereocenters. The van der Waals surface area contributed by atoms with Gasteiger partial charge in [0.15, 0.2) is 0 Å². The average molecular weight is 517 g/mol. The summed E-state index contributed by atoms with van der Waals surface area (Å²) in [6, 6.07) is 0. The van der Waals surface area contributed by atoms with Gasteiger partial charge in [-0.1, -0.05) is 53.2 Å². The maximum absolute atomic E-state index is 12.5. The Morgan fingerprint density at radius 3 is 2.41 bits per heavy atom. The molecule has 5 aliphatic carbocycles. The molecule has 0 radical (unpaired) electrons. The van der Waals surface area contributed by atoms with Crippen LogP contribution in [-0.2, 0) is 9.53 Å². The van der Waals surface area contributed by atoms with E-state index in [0.717, 1.165) is 24.8 Å². The number of esters is 1. The Balaban J connectivity index is 1.51. The van der Waals surface area contributed by atoms with Crippen molar-refractivity contribution in [2.45, 2.75) is 112 Å². The second-order valence-corrected chi connectivity index (χ2v) is 14.8. The molecular weight excluding hydrogens is 464 g/mol. The molecule has 0 saturated heterocycles. The van der Waals surface area contributed by atoms with Gasteiger partial charge in [0.2, 0.25) is 0 Å². The number of carbonyl (C=O) groups is 1. The van der Waals surface area contributed by atoms with Crippen molar-refractivity contribution >= 4 is 5.97 Å². The number of carbonyl (C=O) groups excluding carboxylic acids is 1. The van der Waals surface area contributed by atoms with Gasteiger partial charge in [0.25, 0.3) is 0 Å². The number of aliphatic hydroxyl groups is 3. The molecule has 0 amide bonds. The number of ether oxygens (including phenoxy) is 1. The minimum atomic E-state index is -0.575. The van der Waals surface area contributed by atoms with Gasteiger partial charge in [-0.15, -0.1) is 0 Å². The molecular formula is C32H52O5. The number of fused-ring (bicyclic) bond motifs is 5. The van der Waals surface area contributed by atoms with E-state index in [4.69, 9.17) is 4.74 Å². The normalized spacial score (nSPS) is 50.4. The van der Waals surface area contributed by atoms with Crippen molar-refractivity contribution in [3.8, 4) is 0 Å². The van der Waals surface area contributed by atoms with Crippen LogP contribution in [0.2, 0.25) is 0 Å². The third kappa shape index (κ3) is 3.99. The summed E-state index contributed by atoms with van der Waals surface area (Å²) in [6.45, 7) is 16.0. The van der Waals surface area contributed by atoms with Crippen molar-refractivity contribution in [1.82, 2.24) is 0 Å². The SMILES string of the molecule is CC(=O)O[C@@H]1C[C@H]2[C@@H]([C@H](O)C=C3C[C@@H](O)CC[C@@]32CO)[C@@H]2CC[C@H]([C@H](C)[C@H]3C[C@]3(C)[C@H](C)C(C)C)[C@@]12C. The number of aliphatic hydroxyl groups excluding tert-OH is 3. The molecule has 0 bridgehead atoms. The minimum Gasteiger partial charge on any atom is -0.462 e. The zero-order valence-corrected chi connectivity index (χ0v) is 24.2. The zero-order valence-electron chi connectivity index (χ0n) is 24.2. The van der Waals surface area contributed by atoms with E-state index in [9.17, 15) is 20.1 Å². The van der Waals surface area contributed by atoms with Crippen LogP contribution in [0, 0.1) is 63.6 Å². The predicted molar refractivity (Wildman–Crippen MR) is 144 cm³/mol. The van der Waals surface area contributed by atoms with Gasteiger partial charge in [-0.2, -0.15) is 0 Å². The van der Waals surface area contributed by atoms with E-state index in [1.807, 2.05) is 6.08 Å². The third-order valence-corrected chi connectivity index (χ3v) is 13.2. The van der Waals surface area contributed by atoms with E-state index < -0.39 is 17.6 Å². The molecule has 5 nitrogen and oxygen atoms in total. The Hall–Kier alpha value is -0.910. The zero-order chi connectivity index (χ0) is 27.1. The third-order valence-electron chi connectivity index (χ3n) is 13.2. The van der Waals surface area contributed by atoms with E-state index >= 15 is 0 Å². The van der Waals surface area contributed by atoms with Gasteiger partial charge in [-0.05, 0) is 97.7 Å². The van der Waals surface area contributed by atoms with Gasteiger partial charge < -0.3 is 20.1 Å². The highest BCUT2D eigenvalue weighted by Crippen LogP contribution is 2.71. The lowest BCUT2D eigenvalue weighted by molar-refractivity contribution is -0.192. The molecule has 0 aromatic rings. The van der Waals surface area contributed by atoms with Crippen LogP contribution in [0.3, 0.4) is 0 Å². The Labute approximate surface area is 224 Å². The van der Waals surface area contributed by atoms with E-state index in [1.54, 1.807) is 0 Å². The van der Waals surface area contributed by atoms with Crippen molar-refractivity contribution in [1.29, 1.82) is 0 Å². The van der Waals surface area contributed by atoms with E-state index in [1.165, 1.54) is 13.3 Å². The second-order valence-electron chi connectivity index (χ2n) is 14.8. The molecule has 5 heteroatoms. The summed E-state index contributed by atoms with van der Waals surface area (Å²) < 4.78 is 6.23. The molecule has 0 heterocycles. The van der Waals surface area contributed by atoms with Crippen molar-refractivity contribution in [2.24, 2.45) is 63.6 Å². The smallest absolute Gasteiger partial charge is 0.302 e. The van der Waals surface area contributed by atoms with Crippen LogP contribution in [0.5, 0.6) is 0 Å². The average Bonchev–Trinajstić information content (AvgIpc) is 3.40. The molecule has 37 heavy (non-hydrogen) atoms. The predicted octanol–water partition coefficient (Wildman–Crippen LogP) is 5.37. The Morgan fingerprint density at radius 2 is 1.78 bits per heavy atom. The highest BCUT2D eigenvalue weighted by molar-refractivity contribution is 5.66. The van der Waals surface area contributed by atoms with Gasteiger partial charge in [0.05, 0.1) is 18.8 Å². The van der Waals surface area contributed by atoms with E-state index in [-0.39, 0.29) is 41.8 Å². The molecule has 0 spiro atoms. The molecule has 13 atom stereocenters. The largest absolute Gasteiger partial charge is 0.462 e. The summed E-state index contributed by atoms with van der Waals surface area (Å²) >= 11 is 0. The fourth-order valence-electron chi connectivity index (χ4n) is 10.7. The van der Waals surface area contributed by atoms with Crippen LogP contribution in [-0.4, -0.2) is 46.2 Å². The number of hydrogen-bond acceptors (Lipinski definition) is 5. The van der Waals surface area contributed by atoms with Crippen LogP contribution in [0.1, 0.15) is 93.4 Å². The second kappa shape index (κ2) is 9.34. The van der Waals surface area contributed by atoms with Crippen molar-refractivity contribution in [3.63, 3.8) is 0 Å². The fourth-order valence-corrected chi connectivity index (χ4v) is 10.7. The summed E-state index contributed by atoms with van der Waals surface area (Å²) in [4.78, 5) is 12.5. The molecule has 210 valence electrons. The Bertz CT molecular complexity index is 928. The van der Waals surface area contributed by atoms with E-state index in [2.05, 4.69) is 41.5 Å². The highest BCUT2D eigenvalue weighted by Gasteiger charge is 2.68. The van der Waals surface area contributed by atoms with Crippen LogP contribution in [0.25, 0.3) is 0 Å². The lowest BCUT2D eigenvalue weighted by Crippen LogP contribution is -2.61. The fraction of sp³-hybridized carbons (Fsp3) is 0.906. The van der Waals surface area contributed by atoms with Crippen LogP contribution in [0.15, 0.2) is 11.6 Å². The lowest BCUT2D eigenvalue weighted by atomic mass is 9.45. The molecule has 0 aromatic carbocycles. The van der Waals surface area contributed by atoms with Crippen molar-refractivity contribution < 1.29 is 24.9 Å². The van der Waals surface area contributed by atoms with Crippen molar-refractivity contribution in [2.75, 3.05) is 6.61 Å². The van der Waals surface area contributed by atoms with Crippen molar-refractivity contribution in [3.05, 3.63) is 11.6 Å². The summed E-state index contributed by atoms with van der Waals surface area (Å²) in [5.74, 6) is 3.16. The molecule has 4 saturated carbocycles. The first-order valence-electron chi connectivity index (χ1n) is 15.2. The van der Waals surface area contributed by atoms with Crippen LogP contribution >= 0.6 is 0 Å². The molecule has 5 rings (SSSR count). The van der Waals surface area contributed by atoms with Crippen LogP contribution < -0.4 is 0 Å². The van der Waals surface area contributed by atoms with Gasteiger partial charge in [-0.3, -0.25) is 4.79 Å². The molecule has 4 fully saturated rings. The molecule has 0 aromatic heterocycles. The molecule has 5 aliphatic rings. The highest BCUT2D eigenvalue weighted by atomic mass is 16.5. The summed E-state index contributed by atoms with van der Waals surface area (Å²) in [6.07, 6.45) is 6.84. The summed E-state index contributed by atoms with van der Waals surface area (Å²) in [5.41, 5.74) is 0.789. The van der Waals surface area contributed by atoms with Gasteiger partial charge in [0, 0.05) is 17.8 Å². The Morgan fingerprint density at radius 1 is 1.08 bits per heavy atom. The first-order valence-corrected chi connectivity index (χ1v) is 15.2. The van der Waals surface area contributed by atoms with Gasteiger partial charge in [0.1, 0.15) is 6.10 Å². The Kier molecular flexibility index (Phi) is 6.98. The minimum absolute atomic E-state index is 0.0308. The first kappa shape index (κ1) is 27.6. The maximum Gasteiger partial charge on any atom is 0.302 e. The summed E-state index contributed by atoms with van der Waals surface area (Å²) in [7, 11) is 0. The molecule has 0 aliphatic heterocycles. The first-order chi connectivity index (χ1) is 17.3. The number of hydrogen-bond donors (Lipinski definition) is 3. The van der Waals surface area contributed by atoms with Gasteiger partial charge in [-0.25, -0.2) is 0 Å².